The van der Waals surface area contributed by atoms with Crippen molar-refractivity contribution in [1.29, 1.82) is 0 Å². The largest absolute Gasteiger partial charge is 0.351 e. The van der Waals surface area contributed by atoms with Crippen LogP contribution in [0.3, 0.4) is 0 Å². The first-order chi connectivity index (χ1) is 13.1. The second-order valence-electron chi connectivity index (χ2n) is 6.27. The van der Waals surface area contributed by atoms with E-state index in [4.69, 9.17) is 0 Å². The van der Waals surface area contributed by atoms with Gasteiger partial charge in [-0.3, -0.25) is 9.59 Å². The molecule has 2 heterocycles. The summed E-state index contributed by atoms with van der Waals surface area (Å²) in [5.41, 5.74) is 2.60. The van der Waals surface area contributed by atoms with E-state index in [0.29, 0.717) is 17.8 Å². The van der Waals surface area contributed by atoms with Gasteiger partial charge >= 0.3 is 0 Å². The molecule has 27 heavy (non-hydrogen) atoms. The normalized spacial score (nSPS) is 11.9. The number of rotatable bonds is 7. The number of likely N-dealkylation sites (N-methyl/N-ethyl adjacent to an activating group) is 1. The Morgan fingerprint density at radius 2 is 1.85 bits per heavy atom. The molecule has 7 heteroatoms. The summed E-state index contributed by atoms with van der Waals surface area (Å²) in [6.07, 6.45) is 3.55. The molecule has 0 saturated carbocycles. The summed E-state index contributed by atoms with van der Waals surface area (Å²) in [4.78, 5) is 28.8. The van der Waals surface area contributed by atoms with E-state index in [-0.39, 0.29) is 17.9 Å². The summed E-state index contributed by atoms with van der Waals surface area (Å²) < 4.78 is 1.81. The van der Waals surface area contributed by atoms with Gasteiger partial charge in [-0.25, -0.2) is 4.98 Å². The Labute approximate surface area is 157 Å². The minimum Gasteiger partial charge on any atom is -0.351 e. The molecule has 3 rings (SSSR count). The number of pyridine rings is 1. The predicted molar refractivity (Wildman–Crippen MR) is 104 cm³/mol. The smallest absolute Gasteiger partial charge is 0.271 e. The summed E-state index contributed by atoms with van der Waals surface area (Å²) in [6, 6.07) is 12.6. The molecule has 3 aromatic rings. The molecular formula is C20H23N5O2. The second-order valence-corrected chi connectivity index (χ2v) is 6.27. The van der Waals surface area contributed by atoms with E-state index in [1.165, 1.54) is 0 Å². The third kappa shape index (κ3) is 4.51. The number of benzene rings is 1. The van der Waals surface area contributed by atoms with E-state index in [1.807, 2.05) is 50.5 Å². The van der Waals surface area contributed by atoms with Crippen LogP contribution < -0.4 is 16.0 Å². The van der Waals surface area contributed by atoms with E-state index >= 15 is 0 Å². The molecule has 0 spiro atoms. The van der Waals surface area contributed by atoms with Crippen LogP contribution in [-0.4, -0.2) is 41.3 Å². The Morgan fingerprint density at radius 3 is 2.56 bits per heavy atom. The van der Waals surface area contributed by atoms with Crippen molar-refractivity contribution < 1.29 is 9.59 Å². The van der Waals surface area contributed by atoms with Gasteiger partial charge in [-0.05, 0) is 43.8 Å². The summed E-state index contributed by atoms with van der Waals surface area (Å²) in [5.74, 6) is -0.349. The third-order valence-electron chi connectivity index (χ3n) is 4.28. The number of hydrogen-bond donors (Lipinski definition) is 3. The molecule has 0 saturated heterocycles. The number of amides is 2. The van der Waals surface area contributed by atoms with Crippen LogP contribution in [0.2, 0.25) is 0 Å². The molecule has 2 aromatic heterocycles. The Morgan fingerprint density at radius 1 is 1.07 bits per heavy atom. The average Bonchev–Trinajstić information content (AvgIpc) is 3.12. The first kappa shape index (κ1) is 18.6. The third-order valence-corrected chi connectivity index (χ3v) is 4.28. The van der Waals surface area contributed by atoms with Crippen molar-refractivity contribution in [2.24, 2.45) is 0 Å². The summed E-state index contributed by atoms with van der Waals surface area (Å²) >= 11 is 0. The van der Waals surface area contributed by atoms with Gasteiger partial charge in [0, 0.05) is 31.0 Å². The van der Waals surface area contributed by atoms with Crippen LogP contribution in [0, 0.1) is 0 Å². The van der Waals surface area contributed by atoms with Crippen LogP contribution in [0.5, 0.6) is 0 Å². The number of aromatic nitrogens is 2. The molecule has 0 fully saturated rings. The van der Waals surface area contributed by atoms with Gasteiger partial charge < -0.3 is 20.4 Å². The molecule has 7 nitrogen and oxygen atoms in total. The zero-order valence-electron chi connectivity index (χ0n) is 15.4. The van der Waals surface area contributed by atoms with Crippen LogP contribution in [0.25, 0.3) is 5.65 Å². The number of nitrogens with one attached hydrogen (secondary N) is 3. The molecule has 0 radical (unpaired) electrons. The topological polar surface area (TPSA) is 87.5 Å². The summed E-state index contributed by atoms with van der Waals surface area (Å²) in [6.45, 7) is 3.19. The van der Waals surface area contributed by atoms with Crippen molar-refractivity contribution >= 4 is 17.5 Å². The van der Waals surface area contributed by atoms with Crippen LogP contribution in [0.1, 0.15) is 39.4 Å². The Balaban J connectivity index is 1.62. The fraction of sp³-hybridized carbons (Fsp3) is 0.250. The number of fused-ring (bicyclic) bond motifs is 1. The van der Waals surface area contributed by atoms with E-state index in [9.17, 15) is 9.59 Å². The van der Waals surface area contributed by atoms with Gasteiger partial charge in [0.1, 0.15) is 11.3 Å². The number of hydrogen-bond acceptors (Lipinski definition) is 4. The van der Waals surface area contributed by atoms with Crippen LogP contribution >= 0.6 is 0 Å². The number of imidazole rings is 1. The van der Waals surface area contributed by atoms with Gasteiger partial charge in [0.05, 0.1) is 6.04 Å². The first-order valence-corrected chi connectivity index (χ1v) is 8.86. The maximum atomic E-state index is 12.5. The summed E-state index contributed by atoms with van der Waals surface area (Å²) in [5, 5.41) is 8.75. The van der Waals surface area contributed by atoms with Crippen LogP contribution in [-0.2, 0) is 0 Å². The van der Waals surface area contributed by atoms with Crippen LogP contribution in [0.4, 0.5) is 0 Å². The molecule has 0 unspecified atom stereocenters. The van der Waals surface area contributed by atoms with Crippen molar-refractivity contribution in [3.05, 3.63) is 71.7 Å². The molecule has 3 N–H and O–H groups in total. The van der Waals surface area contributed by atoms with Gasteiger partial charge in [-0.1, -0.05) is 18.2 Å². The van der Waals surface area contributed by atoms with Gasteiger partial charge in [0.25, 0.3) is 11.8 Å². The monoisotopic (exact) mass is 365 g/mol. The Kier molecular flexibility index (Phi) is 5.83. The lowest BCUT2D eigenvalue weighted by Crippen LogP contribution is -2.30. The number of nitrogens with zero attached hydrogens (tertiary/aromatic N) is 2. The zero-order chi connectivity index (χ0) is 19.2. The van der Waals surface area contributed by atoms with Crippen molar-refractivity contribution in [3.8, 4) is 0 Å². The molecule has 1 aromatic carbocycles. The highest BCUT2D eigenvalue weighted by Gasteiger charge is 2.15. The highest BCUT2D eigenvalue weighted by atomic mass is 16.2. The zero-order valence-corrected chi connectivity index (χ0v) is 15.4. The molecule has 0 bridgehead atoms. The van der Waals surface area contributed by atoms with E-state index in [2.05, 4.69) is 20.9 Å². The van der Waals surface area contributed by atoms with Crippen molar-refractivity contribution in [2.75, 3.05) is 20.1 Å². The molecule has 2 amide bonds. The minimum absolute atomic E-state index is 0.113. The van der Waals surface area contributed by atoms with Gasteiger partial charge in [-0.2, -0.15) is 0 Å². The molecule has 0 aliphatic carbocycles. The molecule has 0 aliphatic heterocycles. The van der Waals surface area contributed by atoms with Gasteiger partial charge in [0.15, 0.2) is 0 Å². The second kappa shape index (κ2) is 8.46. The predicted octanol–water partition coefficient (Wildman–Crippen LogP) is 1.77. The molecule has 1 atom stereocenters. The standard InChI is InChI=1S/C20H23N5O2/c1-14(15-6-8-16(9-7-15)19(26)22-11-10-21-2)23-20(27)17-13-25-12-4-3-5-18(25)24-17/h3-9,12-14,21H,10-11H2,1-2H3,(H,22,26)(H,23,27)/t14-/m1/s1. The van der Waals surface area contributed by atoms with Crippen molar-refractivity contribution in [3.63, 3.8) is 0 Å². The van der Waals surface area contributed by atoms with Gasteiger partial charge in [0.2, 0.25) is 0 Å². The quantitative estimate of drug-likeness (QED) is 0.557. The summed E-state index contributed by atoms with van der Waals surface area (Å²) in [7, 11) is 1.84. The maximum Gasteiger partial charge on any atom is 0.271 e. The lowest BCUT2D eigenvalue weighted by Gasteiger charge is -2.14. The SMILES string of the molecule is CNCCNC(=O)c1ccc([C@@H](C)NC(=O)c2cn3ccccc3n2)cc1. The van der Waals surface area contributed by atoms with E-state index in [1.54, 1.807) is 22.7 Å². The minimum atomic E-state index is -0.236. The maximum absolute atomic E-state index is 12.5. The molecule has 0 aliphatic rings. The average molecular weight is 365 g/mol. The van der Waals surface area contributed by atoms with Crippen molar-refractivity contribution in [1.82, 2.24) is 25.3 Å². The highest BCUT2D eigenvalue weighted by molar-refractivity contribution is 5.94. The molecular weight excluding hydrogens is 342 g/mol. The van der Waals surface area contributed by atoms with Crippen LogP contribution in [0.15, 0.2) is 54.9 Å². The van der Waals surface area contributed by atoms with Crippen molar-refractivity contribution in [2.45, 2.75) is 13.0 Å². The lowest BCUT2D eigenvalue weighted by atomic mass is 10.1. The Hall–Kier alpha value is -3.19. The highest BCUT2D eigenvalue weighted by Crippen LogP contribution is 2.14. The van der Waals surface area contributed by atoms with E-state index < -0.39 is 0 Å². The number of carbonyl (C=O) groups excluding carboxylic acids is 2. The fourth-order valence-electron chi connectivity index (χ4n) is 2.72. The Bertz CT molecular complexity index is 900. The van der Waals surface area contributed by atoms with Gasteiger partial charge in [-0.15, -0.1) is 0 Å². The number of carbonyl (C=O) groups is 2. The first-order valence-electron chi connectivity index (χ1n) is 8.86. The van der Waals surface area contributed by atoms with E-state index in [0.717, 1.165) is 17.8 Å². The fourth-order valence-corrected chi connectivity index (χ4v) is 2.72. The lowest BCUT2D eigenvalue weighted by molar-refractivity contribution is 0.0931. The molecule has 140 valence electrons.